The van der Waals surface area contributed by atoms with Crippen LogP contribution in [0.15, 0.2) is 22.7 Å². The van der Waals surface area contributed by atoms with Crippen molar-refractivity contribution in [2.75, 3.05) is 0 Å². The minimum Gasteiger partial charge on any atom is -0.487 e. The molecular formula is C14H17BrO3. The van der Waals surface area contributed by atoms with Crippen LogP contribution in [0.5, 0.6) is 5.75 Å². The van der Waals surface area contributed by atoms with E-state index in [2.05, 4.69) is 15.9 Å². The molecule has 0 spiro atoms. The van der Waals surface area contributed by atoms with Crippen molar-refractivity contribution in [2.24, 2.45) is 0 Å². The number of rotatable bonds is 3. The van der Waals surface area contributed by atoms with Crippen LogP contribution in [0, 0.1) is 0 Å². The third-order valence-corrected chi connectivity index (χ3v) is 3.76. The molecule has 0 heterocycles. The molecule has 0 saturated heterocycles. The van der Waals surface area contributed by atoms with Gasteiger partial charge in [-0.3, -0.25) is 4.79 Å². The van der Waals surface area contributed by atoms with E-state index in [1.807, 2.05) is 6.07 Å². The molecule has 98 valence electrons. The summed E-state index contributed by atoms with van der Waals surface area (Å²) >= 11 is 3.37. The van der Waals surface area contributed by atoms with Gasteiger partial charge in [0.05, 0.1) is 11.7 Å². The first-order valence-electron chi connectivity index (χ1n) is 6.23. The number of ketones is 1. The molecule has 1 fully saturated rings. The van der Waals surface area contributed by atoms with Gasteiger partial charge < -0.3 is 9.84 Å². The van der Waals surface area contributed by atoms with E-state index in [4.69, 9.17) is 4.74 Å². The molecule has 0 amide bonds. The molecule has 1 saturated carbocycles. The van der Waals surface area contributed by atoms with Crippen LogP contribution >= 0.6 is 15.9 Å². The number of aliphatic hydroxyl groups is 1. The lowest BCUT2D eigenvalue weighted by molar-refractivity contribution is 0.00645. The predicted octanol–water partition coefficient (Wildman–Crippen LogP) is 3.33. The smallest absolute Gasteiger partial charge is 0.163 e. The van der Waals surface area contributed by atoms with E-state index in [1.54, 1.807) is 12.1 Å². The first kappa shape index (κ1) is 13.6. The average Bonchev–Trinajstić information content (AvgIpc) is 2.32. The average molecular weight is 313 g/mol. The van der Waals surface area contributed by atoms with Crippen LogP contribution < -0.4 is 4.74 Å². The maximum absolute atomic E-state index is 11.5. The maximum atomic E-state index is 11.5. The van der Waals surface area contributed by atoms with Gasteiger partial charge in [-0.05, 0) is 44.4 Å². The fraction of sp³-hybridized carbons (Fsp3) is 0.500. The lowest BCUT2D eigenvalue weighted by Crippen LogP contribution is -2.35. The number of Topliss-reactive ketones (excluding diaryl/α,β-unsaturated/α-hetero) is 1. The van der Waals surface area contributed by atoms with Gasteiger partial charge in [0.1, 0.15) is 11.9 Å². The molecule has 3 nitrogen and oxygen atoms in total. The van der Waals surface area contributed by atoms with Crippen molar-refractivity contribution in [2.45, 2.75) is 44.8 Å². The van der Waals surface area contributed by atoms with Gasteiger partial charge >= 0.3 is 0 Å². The zero-order valence-corrected chi connectivity index (χ0v) is 11.9. The number of carbonyl (C=O) groups is 1. The normalized spacial score (nSPS) is 23.7. The summed E-state index contributed by atoms with van der Waals surface area (Å²) < 4.78 is 6.71. The van der Waals surface area contributed by atoms with E-state index >= 15 is 0 Å². The number of benzene rings is 1. The van der Waals surface area contributed by atoms with Crippen molar-refractivity contribution >= 4 is 21.7 Å². The third kappa shape index (κ3) is 3.12. The summed E-state index contributed by atoms with van der Waals surface area (Å²) in [5, 5.41) is 9.91. The van der Waals surface area contributed by atoms with E-state index < -0.39 is 6.10 Å². The van der Waals surface area contributed by atoms with Crippen molar-refractivity contribution in [3.63, 3.8) is 0 Å². The molecular weight excluding hydrogens is 296 g/mol. The Bertz CT molecular complexity index is 445. The summed E-state index contributed by atoms with van der Waals surface area (Å²) in [6, 6.07) is 5.36. The van der Waals surface area contributed by atoms with Crippen molar-refractivity contribution in [3.05, 3.63) is 28.2 Å². The van der Waals surface area contributed by atoms with Crippen molar-refractivity contribution in [3.8, 4) is 5.75 Å². The Kier molecular flexibility index (Phi) is 4.40. The fourth-order valence-corrected chi connectivity index (χ4v) is 2.60. The Labute approximate surface area is 115 Å². The van der Waals surface area contributed by atoms with Crippen LogP contribution in [0.3, 0.4) is 0 Å². The molecule has 0 bridgehead atoms. The molecule has 1 aromatic rings. The highest BCUT2D eigenvalue weighted by Crippen LogP contribution is 2.29. The topological polar surface area (TPSA) is 46.5 Å². The number of hydrogen-bond donors (Lipinski definition) is 1. The largest absolute Gasteiger partial charge is 0.487 e. The van der Waals surface area contributed by atoms with Crippen LogP contribution in [0.2, 0.25) is 0 Å². The highest BCUT2D eigenvalue weighted by atomic mass is 79.9. The fourth-order valence-electron chi connectivity index (χ4n) is 2.26. The summed E-state index contributed by atoms with van der Waals surface area (Å²) in [6.45, 7) is 1.52. The highest BCUT2D eigenvalue weighted by Gasteiger charge is 2.25. The number of hydrogen-bond acceptors (Lipinski definition) is 3. The molecule has 0 radical (unpaired) electrons. The van der Waals surface area contributed by atoms with Gasteiger partial charge in [-0.15, -0.1) is 0 Å². The van der Waals surface area contributed by atoms with Crippen molar-refractivity contribution < 1.29 is 14.6 Å². The van der Waals surface area contributed by atoms with Gasteiger partial charge in [0.25, 0.3) is 0 Å². The lowest BCUT2D eigenvalue weighted by atomic mass is 9.94. The summed E-state index contributed by atoms with van der Waals surface area (Å²) in [5.41, 5.74) is 0.566. The second-order valence-corrected chi connectivity index (χ2v) is 5.62. The SMILES string of the molecule is CC(=O)c1ccc(Br)cc1OC1CCCCC1O. The lowest BCUT2D eigenvalue weighted by Gasteiger charge is -2.28. The number of halogens is 1. The van der Waals surface area contributed by atoms with E-state index in [1.165, 1.54) is 6.92 Å². The zero-order valence-electron chi connectivity index (χ0n) is 10.4. The summed E-state index contributed by atoms with van der Waals surface area (Å²) in [4.78, 5) is 11.5. The molecule has 2 unspecified atom stereocenters. The Morgan fingerprint density at radius 1 is 1.39 bits per heavy atom. The Hall–Kier alpha value is -0.870. The molecule has 18 heavy (non-hydrogen) atoms. The second kappa shape index (κ2) is 5.85. The molecule has 0 aromatic heterocycles. The van der Waals surface area contributed by atoms with Crippen LogP contribution in [0.25, 0.3) is 0 Å². The van der Waals surface area contributed by atoms with Crippen molar-refractivity contribution in [1.29, 1.82) is 0 Å². The monoisotopic (exact) mass is 312 g/mol. The molecule has 2 rings (SSSR count). The summed E-state index contributed by atoms with van der Waals surface area (Å²) in [7, 11) is 0. The number of ether oxygens (including phenoxy) is 1. The van der Waals surface area contributed by atoms with Gasteiger partial charge in [-0.25, -0.2) is 0 Å². The van der Waals surface area contributed by atoms with E-state index in [0.29, 0.717) is 11.3 Å². The van der Waals surface area contributed by atoms with Crippen LogP contribution in [0.1, 0.15) is 43.0 Å². The van der Waals surface area contributed by atoms with Crippen LogP contribution in [-0.2, 0) is 0 Å². The van der Waals surface area contributed by atoms with Crippen LogP contribution in [0.4, 0.5) is 0 Å². The highest BCUT2D eigenvalue weighted by molar-refractivity contribution is 9.10. The molecule has 4 heteroatoms. The Balaban J connectivity index is 2.21. The molecule has 2 atom stereocenters. The quantitative estimate of drug-likeness (QED) is 0.871. The van der Waals surface area contributed by atoms with Gasteiger partial charge in [0.2, 0.25) is 0 Å². The first-order valence-corrected chi connectivity index (χ1v) is 7.02. The van der Waals surface area contributed by atoms with Gasteiger partial charge in [0, 0.05) is 4.47 Å². The minimum absolute atomic E-state index is 0.0252. The standard InChI is InChI=1S/C14H17BrO3/c1-9(16)11-7-6-10(15)8-14(11)18-13-5-3-2-4-12(13)17/h6-8,12-13,17H,2-5H2,1H3. The molecule has 1 N–H and O–H groups in total. The van der Waals surface area contributed by atoms with Crippen LogP contribution in [-0.4, -0.2) is 23.1 Å². The van der Waals surface area contributed by atoms with E-state index in [-0.39, 0.29) is 11.9 Å². The summed E-state index contributed by atoms with van der Waals surface area (Å²) in [6.07, 6.45) is 3.08. The maximum Gasteiger partial charge on any atom is 0.163 e. The van der Waals surface area contributed by atoms with Crippen molar-refractivity contribution in [1.82, 2.24) is 0 Å². The second-order valence-electron chi connectivity index (χ2n) is 4.70. The first-order chi connectivity index (χ1) is 8.58. The Morgan fingerprint density at radius 3 is 2.78 bits per heavy atom. The Morgan fingerprint density at radius 2 is 2.11 bits per heavy atom. The zero-order chi connectivity index (χ0) is 13.1. The minimum atomic E-state index is -0.433. The van der Waals surface area contributed by atoms with Gasteiger partial charge in [-0.2, -0.15) is 0 Å². The molecule has 0 aliphatic heterocycles. The van der Waals surface area contributed by atoms with E-state index in [9.17, 15) is 9.90 Å². The molecule has 1 aliphatic rings. The van der Waals surface area contributed by atoms with Gasteiger partial charge in [0.15, 0.2) is 5.78 Å². The summed E-state index contributed by atoms with van der Waals surface area (Å²) in [5.74, 6) is 0.533. The molecule has 1 aliphatic carbocycles. The number of aliphatic hydroxyl groups excluding tert-OH is 1. The number of carbonyl (C=O) groups excluding carboxylic acids is 1. The third-order valence-electron chi connectivity index (χ3n) is 3.27. The predicted molar refractivity (Wildman–Crippen MR) is 73.0 cm³/mol. The van der Waals surface area contributed by atoms with Gasteiger partial charge in [-0.1, -0.05) is 22.4 Å². The molecule has 1 aromatic carbocycles. The van der Waals surface area contributed by atoms with E-state index in [0.717, 1.165) is 30.2 Å².